The third-order valence-electron chi connectivity index (χ3n) is 6.13. The third kappa shape index (κ3) is 4.31. The van der Waals surface area contributed by atoms with Gasteiger partial charge in [-0.1, -0.05) is 17.7 Å². The van der Waals surface area contributed by atoms with E-state index in [-0.39, 0.29) is 5.91 Å². The maximum atomic E-state index is 13.4. The van der Waals surface area contributed by atoms with Crippen molar-refractivity contribution in [1.29, 1.82) is 5.26 Å². The molecule has 2 heterocycles. The standard InChI is InChI=1S/C27H25N5O/c1-19-5-9-22(10-6-19)29-27(33)24-16-23(11-12-26(24)31-13-3-2-4-14-31)32-18-21-8-7-20(17-28)15-25(21)30-32/h5-12,15-16,18H,2-4,13-14H2,1H3,(H,29,33). The first-order chi connectivity index (χ1) is 16.1. The molecule has 0 bridgehead atoms. The summed E-state index contributed by atoms with van der Waals surface area (Å²) in [4.78, 5) is 15.7. The van der Waals surface area contributed by atoms with Gasteiger partial charge in [0.05, 0.1) is 28.4 Å². The van der Waals surface area contributed by atoms with Crippen LogP contribution in [0.1, 0.15) is 40.7 Å². The molecule has 3 aromatic carbocycles. The van der Waals surface area contributed by atoms with Gasteiger partial charge in [0.1, 0.15) is 0 Å². The van der Waals surface area contributed by atoms with E-state index in [1.54, 1.807) is 16.8 Å². The molecular formula is C27H25N5O. The lowest BCUT2D eigenvalue weighted by atomic mass is 10.1. The maximum Gasteiger partial charge on any atom is 0.257 e. The first-order valence-corrected chi connectivity index (χ1v) is 11.3. The quantitative estimate of drug-likeness (QED) is 0.463. The third-order valence-corrected chi connectivity index (χ3v) is 6.13. The van der Waals surface area contributed by atoms with Gasteiger partial charge in [0.15, 0.2) is 0 Å². The number of fused-ring (bicyclic) bond motifs is 1. The highest BCUT2D eigenvalue weighted by Gasteiger charge is 2.20. The molecule has 0 radical (unpaired) electrons. The summed E-state index contributed by atoms with van der Waals surface area (Å²) in [5, 5.41) is 17.8. The zero-order valence-corrected chi connectivity index (χ0v) is 18.6. The van der Waals surface area contributed by atoms with Crippen molar-refractivity contribution in [3.8, 4) is 11.8 Å². The van der Waals surface area contributed by atoms with Crippen molar-refractivity contribution >= 4 is 28.2 Å². The highest BCUT2D eigenvalue weighted by atomic mass is 16.1. The smallest absolute Gasteiger partial charge is 0.257 e. The van der Waals surface area contributed by atoms with E-state index in [1.165, 1.54) is 6.42 Å². The zero-order chi connectivity index (χ0) is 22.8. The van der Waals surface area contributed by atoms with Crippen LogP contribution in [0.4, 0.5) is 11.4 Å². The normalized spacial score (nSPS) is 13.6. The van der Waals surface area contributed by atoms with Crippen molar-refractivity contribution in [2.24, 2.45) is 0 Å². The van der Waals surface area contributed by atoms with Crippen molar-refractivity contribution in [1.82, 2.24) is 9.78 Å². The van der Waals surface area contributed by atoms with E-state index in [2.05, 4.69) is 21.4 Å². The number of aromatic nitrogens is 2. The molecule has 0 unspecified atom stereocenters. The number of nitrogens with zero attached hydrogens (tertiary/aromatic N) is 4. The Balaban J connectivity index is 1.54. The maximum absolute atomic E-state index is 13.4. The zero-order valence-electron chi connectivity index (χ0n) is 18.6. The first kappa shape index (κ1) is 20.8. The lowest BCUT2D eigenvalue weighted by Gasteiger charge is -2.30. The molecule has 1 fully saturated rings. The molecule has 0 atom stereocenters. The Kier molecular flexibility index (Phi) is 5.54. The summed E-state index contributed by atoms with van der Waals surface area (Å²) in [6, 6.07) is 21.4. The Morgan fingerprint density at radius 1 is 1.00 bits per heavy atom. The summed E-state index contributed by atoms with van der Waals surface area (Å²) in [5.41, 5.74) is 5.63. The van der Waals surface area contributed by atoms with Crippen LogP contribution < -0.4 is 10.2 Å². The topological polar surface area (TPSA) is 74.0 Å². The second-order valence-corrected chi connectivity index (χ2v) is 8.53. The van der Waals surface area contributed by atoms with Crippen LogP contribution in [0.15, 0.2) is 66.9 Å². The summed E-state index contributed by atoms with van der Waals surface area (Å²) in [7, 11) is 0. The average molecular weight is 436 g/mol. The molecule has 6 heteroatoms. The number of aryl methyl sites for hydroxylation is 1. The van der Waals surface area contributed by atoms with Crippen molar-refractivity contribution in [3.05, 3.63) is 83.6 Å². The number of amides is 1. The number of rotatable bonds is 4. The van der Waals surface area contributed by atoms with Gasteiger partial charge in [0, 0.05) is 36.0 Å². The van der Waals surface area contributed by atoms with E-state index >= 15 is 0 Å². The van der Waals surface area contributed by atoms with E-state index in [0.717, 1.165) is 59.5 Å². The molecule has 1 saturated heterocycles. The second-order valence-electron chi connectivity index (χ2n) is 8.53. The number of nitriles is 1. The van der Waals surface area contributed by atoms with Crippen LogP contribution in [-0.4, -0.2) is 28.8 Å². The number of hydrogen-bond donors (Lipinski definition) is 1. The minimum absolute atomic E-state index is 0.134. The minimum atomic E-state index is -0.134. The Morgan fingerprint density at radius 2 is 1.79 bits per heavy atom. The summed E-state index contributed by atoms with van der Waals surface area (Å²) >= 11 is 0. The van der Waals surface area contributed by atoms with Gasteiger partial charge in [-0.25, -0.2) is 4.68 Å². The Morgan fingerprint density at radius 3 is 2.55 bits per heavy atom. The number of benzene rings is 3. The first-order valence-electron chi connectivity index (χ1n) is 11.3. The lowest BCUT2D eigenvalue weighted by molar-refractivity contribution is 0.102. The Labute approximate surface area is 193 Å². The summed E-state index contributed by atoms with van der Waals surface area (Å²) < 4.78 is 1.77. The molecule has 6 nitrogen and oxygen atoms in total. The molecule has 1 aliphatic heterocycles. The summed E-state index contributed by atoms with van der Waals surface area (Å²) in [5.74, 6) is -0.134. The summed E-state index contributed by atoms with van der Waals surface area (Å²) in [6.45, 7) is 3.93. The van der Waals surface area contributed by atoms with Gasteiger partial charge in [0.2, 0.25) is 0 Å². The van der Waals surface area contributed by atoms with Crippen molar-refractivity contribution in [2.45, 2.75) is 26.2 Å². The van der Waals surface area contributed by atoms with Crippen LogP contribution in [-0.2, 0) is 0 Å². The molecule has 33 heavy (non-hydrogen) atoms. The molecule has 0 saturated carbocycles. The van der Waals surface area contributed by atoms with Crippen LogP contribution in [0.2, 0.25) is 0 Å². The van der Waals surface area contributed by atoms with Gasteiger partial charge in [0.25, 0.3) is 5.91 Å². The van der Waals surface area contributed by atoms with Crippen LogP contribution >= 0.6 is 0 Å². The van der Waals surface area contributed by atoms with E-state index in [4.69, 9.17) is 0 Å². The molecule has 1 aromatic heterocycles. The number of piperidine rings is 1. The number of hydrogen-bond acceptors (Lipinski definition) is 4. The van der Waals surface area contributed by atoms with E-state index in [1.807, 2.05) is 61.7 Å². The molecule has 5 rings (SSSR count). The van der Waals surface area contributed by atoms with Gasteiger partial charge >= 0.3 is 0 Å². The Hall–Kier alpha value is -4.11. The lowest BCUT2D eigenvalue weighted by Crippen LogP contribution is -2.31. The second kappa shape index (κ2) is 8.79. The average Bonchev–Trinajstić information content (AvgIpc) is 3.29. The number of anilines is 2. The molecule has 164 valence electrons. The van der Waals surface area contributed by atoms with E-state index in [9.17, 15) is 10.1 Å². The molecule has 4 aromatic rings. The SMILES string of the molecule is Cc1ccc(NC(=O)c2cc(-n3cc4ccc(C#N)cc4n3)ccc2N2CCCCC2)cc1. The number of nitrogens with one attached hydrogen (secondary N) is 1. The van der Waals surface area contributed by atoms with Gasteiger partial charge in [-0.15, -0.1) is 0 Å². The molecular weight excluding hydrogens is 410 g/mol. The van der Waals surface area contributed by atoms with Crippen LogP contribution in [0.25, 0.3) is 16.6 Å². The van der Waals surface area contributed by atoms with Gasteiger partial charge in [-0.2, -0.15) is 10.4 Å². The number of carbonyl (C=O) groups is 1. The fourth-order valence-electron chi connectivity index (χ4n) is 4.31. The molecule has 0 spiro atoms. The predicted molar refractivity (Wildman–Crippen MR) is 131 cm³/mol. The molecule has 1 N–H and O–H groups in total. The van der Waals surface area contributed by atoms with Gasteiger partial charge < -0.3 is 10.2 Å². The molecule has 0 aliphatic carbocycles. The van der Waals surface area contributed by atoms with Gasteiger partial charge in [-0.3, -0.25) is 4.79 Å². The Bertz CT molecular complexity index is 1360. The van der Waals surface area contributed by atoms with Gasteiger partial charge in [-0.05, 0) is 74.7 Å². The van der Waals surface area contributed by atoms with Crippen LogP contribution in [0.5, 0.6) is 0 Å². The van der Waals surface area contributed by atoms with E-state index < -0.39 is 0 Å². The summed E-state index contributed by atoms with van der Waals surface area (Å²) in [6.07, 6.45) is 5.41. The van der Waals surface area contributed by atoms with Crippen molar-refractivity contribution in [2.75, 3.05) is 23.3 Å². The number of carbonyl (C=O) groups excluding carboxylic acids is 1. The van der Waals surface area contributed by atoms with Crippen molar-refractivity contribution < 1.29 is 4.79 Å². The predicted octanol–water partition coefficient (Wildman–Crippen LogP) is 5.45. The highest BCUT2D eigenvalue weighted by molar-refractivity contribution is 6.08. The monoisotopic (exact) mass is 435 g/mol. The van der Waals surface area contributed by atoms with Crippen LogP contribution in [0, 0.1) is 18.3 Å². The fourth-order valence-corrected chi connectivity index (χ4v) is 4.31. The van der Waals surface area contributed by atoms with Crippen molar-refractivity contribution in [3.63, 3.8) is 0 Å². The minimum Gasteiger partial charge on any atom is -0.371 e. The molecule has 1 amide bonds. The largest absolute Gasteiger partial charge is 0.371 e. The highest BCUT2D eigenvalue weighted by Crippen LogP contribution is 2.28. The fraction of sp³-hybridized carbons (Fsp3) is 0.222. The molecule has 1 aliphatic rings. The van der Waals surface area contributed by atoms with E-state index in [0.29, 0.717) is 11.1 Å². The van der Waals surface area contributed by atoms with Crippen LogP contribution in [0.3, 0.4) is 0 Å².